The summed E-state index contributed by atoms with van der Waals surface area (Å²) in [6.07, 6.45) is 1.54. The van der Waals surface area contributed by atoms with E-state index in [2.05, 4.69) is 15.4 Å². The largest absolute Gasteiger partial charge is 0.485 e. The first-order chi connectivity index (χ1) is 15.3. The molecule has 2 aromatic carbocycles. The Kier molecular flexibility index (Phi) is 6.30. The van der Waals surface area contributed by atoms with Crippen molar-refractivity contribution in [1.29, 1.82) is 0 Å². The Morgan fingerprint density at radius 3 is 2.72 bits per heavy atom. The third kappa shape index (κ3) is 5.18. The van der Waals surface area contributed by atoms with Crippen LogP contribution in [0.25, 0.3) is 11.4 Å². The Hall–Kier alpha value is -3.16. The molecule has 1 aliphatic rings. The number of nitrogens with zero attached hydrogens (tertiary/aromatic N) is 3. The summed E-state index contributed by atoms with van der Waals surface area (Å²) in [6, 6.07) is 15.2. The predicted molar refractivity (Wildman–Crippen MR) is 124 cm³/mol. The van der Waals surface area contributed by atoms with E-state index in [1.165, 1.54) is 6.08 Å². The van der Waals surface area contributed by atoms with Crippen LogP contribution in [-0.4, -0.2) is 39.4 Å². The molecule has 0 atom stereocenters. The lowest BCUT2D eigenvalue weighted by Gasteiger charge is -2.27. The molecule has 2 heterocycles. The zero-order chi connectivity index (χ0) is 22.7. The maximum absolute atomic E-state index is 12.4. The molecule has 0 aliphatic carbocycles. The summed E-state index contributed by atoms with van der Waals surface area (Å²) in [4.78, 5) is 16.9. The van der Waals surface area contributed by atoms with Crippen molar-refractivity contribution < 1.29 is 14.3 Å². The van der Waals surface area contributed by atoms with Crippen molar-refractivity contribution in [3.8, 4) is 17.1 Å². The molecule has 0 unspecified atom stereocenters. The highest BCUT2D eigenvalue weighted by Crippen LogP contribution is 2.28. The van der Waals surface area contributed by atoms with Crippen molar-refractivity contribution in [3.63, 3.8) is 0 Å². The number of hydrogen-bond donors (Lipinski definition) is 1. The van der Waals surface area contributed by atoms with Gasteiger partial charge in [0.15, 0.2) is 11.6 Å². The number of carbonyl (C=O) groups excluding carboxylic acids is 1. The Morgan fingerprint density at radius 2 is 1.94 bits per heavy atom. The number of nitrogens with one attached hydrogen (secondary N) is 1. The van der Waals surface area contributed by atoms with Gasteiger partial charge in [-0.15, -0.1) is 5.10 Å². The number of fused-ring (bicyclic) bond motifs is 1. The van der Waals surface area contributed by atoms with Gasteiger partial charge in [0.2, 0.25) is 5.95 Å². The first-order valence-electron chi connectivity index (χ1n) is 10.3. The standard InChI is InChI=1S/C24H25ClN4O3/c1-16-20(25)10-7-11-21(16)32-24(2,3)15-31-14-18-12-19(30)13-29-23(26-18)27-22(28-29)17-8-5-4-6-9-17/h4-12H,13-15H2,1-3H3,(H,26,27,28). The number of ketones is 1. The van der Waals surface area contributed by atoms with Crippen LogP contribution in [-0.2, 0) is 16.1 Å². The lowest BCUT2D eigenvalue weighted by atomic mass is 10.1. The van der Waals surface area contributed by atoms with Gasteiger partial charge < -0.3 is 14.8 Å². The zero-order valence-corrected chi connectivity index (χ0v) is 19.0. The van der Waals surface area contributed by atoms with Crippen LogP contribution in [0.4, 0.5) is 5.95 Å². The van der Waals surface area contributed by atoms with Crippen LogP contribution in [0.5, 0.6) is 5.75 Å². The molecule has 1 aliphatic heterocycles. The van der Waals surface area contributed by atoms with Gasteiger partial charge in [-0.2, -0.15) is 4.98 Å². The third-order valence-electron chi connectivity index (χ3n) is 4.93. The smallest absolute Gasteiger partial charge is 0.226 e. The van der Waals surface area contributed by atoms with E-state index in [1.807, 2.05) is 69.3 Å². The Bertz CT molecular complexity index is 1160. The van der Waals surface area contributed by atoms with E-state index in [9.17, 15) is 4.79 Å². The van der Waals surface area contributed by atoms with Crippen LogP contribution in [0.15, 0.2) is 60.3 Å². The highest BCUT2D eigenvalue weighted by molar-refractivity contribution is 6.31. The van der Waals surface area contributed by atoms with Gasteiger partial charge in [0.25, 0.3) is 0 Å². The van der Waals surface area contributed by atoms with E-state index in [4.69, 9.17) is 21.1 Å². The van der Waals surface area contributed by atoms with Gasteiger partial charge in [0, 0.05) is 27.9 Å². The van der Waals surface area contributed by atoms with Crippen molar-refractivity contribution in [3.05, 3.63) is 70.9 Å². The quantitative estimate of drug-likeness (QED) is 0.561. The van der Waals surface area contributed by atoms with E-state index in [0.717, 1.165) is 16.9 Å². The van der Waals surface area contributed by atoms with E-state index in [0.29, 0.717) is 29.1 Å². The summed E-state index contributed by atoms with van der Waals surface area (Å²) < 4.78 is 13.6. The first kappa shape index (κ1) is 22.0. The number of anilines is 1. The van der Waals surface area contributed by atoms with Crippen LogP contribution < -0.4 is 10.1 Å². The molecule has 1 aromatic heterocycles. The monoisotopic (exact) mass is 452 g/mol. The van der Waals surface area contributed by atoms with Gasteiger partial charge in [-0.3, -0.25) is 4.79 Å². The molecule has 166 valence electrons. The van der Waals surface area contributed by atoms with Gasteiger partial charge in [-0.1, -0.05) is 48.0 Å². The van der Waals surface area contributed by atoms with E-state index in [1.54, 1.807) is 4.68 Å². The Labute approximate surface area is 192 Å². The summed E-state index contributed by atoms with van der Waals surface area (Å²) >= 11 is 6.19. The average Bonchev–Trinajstić information content (AvgIpc) is 3.07. The van der Waals surface area contributed by atoms with Crippen molar-refractivity contribution in [1.82, 2.24) is 14.8 Å². The second-order valence-corrected chi connectivity index (χ2v) is 8.67. The molecule has 7 nitrogen and oxygen atoms in total. The zero-order valence-electron chi connectivity index (χ0n) is 18.3. The minimum Gasteiger partial charge on any atom is -0.485 e. The van der Waals surface area contributed by atoms with Crippen molar-refractivity contribution in [2.45, 2.75) is 32.9 Å². The molecule has 1 N–H and O–H groups in total. The van der Waals surface area contributed by atoms with Crippen LogP contribution in [0.3, 0.4) is 0 Å². The third-order valence-corrected chi connectivity index (χ3v) is 5.34. The second-order valence-electron chi connectivity index (χ2n) is 8.26. The maximum Gasteiger partial charge on any atom is 0.226 e. The molecule has 3 aromatic rings. The fourth-order valence-corrected chi connectivity index (χ4v) is 3.50. The molecule has 32 heavy (non-hydrogen) atoms. The van der Waals surface area contributed by atoms with Crippen LogP contribution in [0.2, 0.25) is 5.02 Å². The topological polar surface area (TPSA) is 78.3 Å². The lowest BCUT2D eigenvalue weighted by molar-refractivity contribution is -0.115. The van der Waals surface area contributed by atoms with Gasteiger partial charge in [0.05, 0.1) is 13.2 Å². The van der Waals surface area contributed by atoms with Gasteiger partial charge in [0.1, 0.15) is 17.9 Å². The molecule has 0 bridgehead atoms. The molecular formula is C24H25ClN4O3. The lowest BCUT2D eigenvalue weighted by Crippen LogP contribution is -2.35. The van der Waals surface area contributed by atoms with Gasteiger partial charge in [-0.25, -0.2) is 4.68 Å². The van der Waals surface area contributed by atoms with Gasteiger partial charge in [-0.05, 0) is 32.9 Å². The minimum absolute atomic E-state index is 0.0792. The van der Waals surface area contributed by atoms with Crippen LogP contribution in [0, 0.1) is 6.92 Å². The number of hydrogen-bond acceptors (Lipinski definition) is 6. The normalized spacial score (nSPS) is 13.8. The van der Waals surface area contributed by atoms with Crippen molar-refractivity contribution in [2.24, 2.45) is 0 Å². The Morgan fingerprint density at radius 1 is 1.16 bits per heavy atom. The van der Waals surface area contributed by atoms with E-state index >= 15 is 0 Å². The van der Waals surface area contributed by atoms with Crippen LogP contribution in [0.1, 0.15) is 19.4 Å². The molecule has 0 spiro atoms. The molecule has 0 amide bonds. The van der Waals surface area contributed by atoms with Crippen molar-refractivity contribution >= 4 is 23.3 Å². The van der Waals surface area contributed by atoms with Gasteiger partial charge >= 0.3 is 0 Å². The van der Waals surface area contributed by atoms with Crippen LogP contribution >= 0.6 is 11.6 Å². The van der Waals surface area contributed by atoms with E-state index < -0.39 is 5.60 Å². The maximum atomic E-state index is 12.4. The number of rotatable bonds is 7. The fraction of sp³-hybridized carbons (Fsp3) is 0.292. The summed E-state index contributed by atoms with van der Waals surface area (Å²) in [5.74, 6) is 1.71. The fourth-order valence-electron chi connectivity index (χ4n) is 3.33. The highest BCUT2D eigenvalue weighted by atomic mass is 35.5. The number of ether oxygens (including phenoxy) is 2. The Balaban J connectivity index is 1.40. The molecule has 8 heteroatoms. The molecule has 0 saturated heterocycles. The molecule has 4 rings (SSSR count). The minimum atomic E-state index is -0.592. The summed E-state index contributed by atoms with van der Waals surface area (Å²) in [6.45, 7) is 6.44. The number of carbonyl (C=O) groups is 1. The number of halogens is 1. The highest BCUT2D eigenvalue weighted by Gasteiger charge is 2.23. The average molecular weight is 453 g/mol. The second kappa shape index (κ2) is 9.14. The summed E-state index contributed by atoms with van der Waals surface area (Å²) in [7, 11) is 0. The predicted octanol–water partition coefficient (Wildman–Crippen LogP) is 4.66. The molecule has 0 radical (unpaired) electrons. The van der Waals surface area contributed by atoms with Crippen molar-refractivity contribution in [2.75, 3.05) is 18.5 Å². The number of aromatic nitrogens is 3. The summed E-state index contributed by atoms with van der Waals surface area (Å²) in [5.41, 5.74) is 1.80. The first-order valence-corrected chi connectivity index (χ1v) is 10.7. The number of allylic oxidation sites excluding steroid dienone is 1. The van der Waals surface area contributed by atoms with E-state index in [-0.39, 0.29) is 18.9 Å². The number of benzene rings is 2. The molecule has 0 saturated carbocycles. The SMILES string of the molecule is Cc1c(Cl)cccc1OC(C)(C)COCC1=CC(=O)Cn2nc(-c3ccccc3)nc2N1. The summed E-state index contributed by atoms with van der Waals surface area (Å²) in [5, 5.41) is 8.30. The molecule has 0 fully saturated rings. The molecular weight excluding hydrogens is 428 g/mol.